The summed E-state index contributed by atoms with van der Waals surface area (Å²) >= 11 is 0. The third kappa shape index (κ3) is 3.49. The van der Waals surface area contributed by atoms with E-state index in [2.05, 4.69) is 30.4 Å². The average molecular weight is 246 g/mol. The minimum atomic E-state index is 0.0970. The number of anilines is 1. The summed E-state index contributed by atoms with van der Waals surface area (Å²) in [7, 11) is 1.83. The van der Waals surface area contributed by atoms with Crippen LogP contribution in [0.15, 0.2) is 24.3 Å². The molecule has 18 heavy (non-hydrogen) atoms. The Morgan fingerprint density at radius 1 is 1.50 bits per heavy atom. The molecule has 1 N–H and O–H groups in total. The Bertz CT molecular complexity index is 426. The number of carbonyl (C=O) groups excluding carboxylic acids is 1. The van der Waals surface area contributed by atoms with E-state index >= 15 is 0 Å². The maximum Gasteiger partial charge on any atom is 0.219 e. The highest BCUT2D eigenvalue weighted by Crippen LogP contribution is 2.34. The van der Waals surface area contributed by atoms with Crippen molar-refractivity contribution in [2.45, 2.75) is 39.3 Å². The van der Waals surface area contributed by atoms with Crippen LogP contribution in [0.3, 0.4) is 0 Å². The topological polar surface area (TPSA) is 32.3 Å². The van der Waals surface area contributed by atoms with Crippen molar-refractivity contribution in [3.8, 4) is 0 Å². The van der Waals surface area contributed by atoms with Crippen molar-refractivity contribution in [1.82, 2.24) is 4.90 Å². The van der Waals surface area contributed by atoms with Gasteiger partial charge in [-0.15, -0.1) is 0 Å². The number of nitrogens with one attached hydrogen (secondary N) is 1. The SMILES string of the molecule is CC(=O)N(C)Cc1cccc(NC(C)C2CC2)c1. The molecule has 0 radical (unpaired) electrons. The number of hydrogen-bond donors (Lipinski definition) is 1. The highest BCUT2D eigenvalue weighted by molar-refractivity contribution is 5.72. The minimum absolute atomic E-state index is 0.0970. The van der Waals surface area contributed by atoms with Crippen LogP contribution >= 0.6 is 0 Å². The van der Waals surface area contributed by atoms with Crippen LogP contribution in [-0.2, 0) is 11.3 Å². The molecule has 2 rings (SSSR count). The van der Waals surface area contributed by atoms with E-state index in [1.54, 1.807) is 11.8 Å². The van der Waals surface area contributed by atoms with Crippen LogP contribution in [0.4, 0.5) is 5.69 Å². The highest BCUT2D eigenvalue weighted by Gasteiger charge is 2.27. The fraction of sp³-hybridized carbons (Fsp3) is 0.533. The first-order valence-corrected chi connectivity index (χ1v) is 6.63. The van der Waals surface area contributed by atoms with Crippen molar-refractivity contribution in [3.05, 3.63) is 29.8 Å². The summed E-state index contributed by atoms with van der Waals surface area (Å²) in [6.45, 7) is 4.51. The number of hydrogen-bond acceptors (Lipinski definition) is 2. The molecule has 98 valence electrons. The predicted octanol–water partition coefficient (Wildman–Crippen LogP) is 2.88. The summed E-state index contributed by atoms with van der Waals surface area (Å²) in [5.41, 5.74) is 2.32. The normalized spacial score (nSPS) is 16.2. The fourth-order valence-electron chi connectivity index (χ4n) is 2.12. The molecule has 1 aromatic rings. The Morgan fingerprint density at radius 2 is 2.22 bits per heavy atom. The van der Waals surface area contributed by atoms with Crippen LogP contribution in [0.2, 0.25) is 0 Å². The van der Waals surface area contributed by atoms with Crippen molar-refractivity contribution in [1.29, 1.82) is 0 Å². The summed E-state index contributed by atoms with van der Waals surface area (Å²) in [5.74, 6) is 0.938. The first-order valence-electron chi connectivity index (χ1n) is 6.63. The number of amides is 1. The number of nitrogens with zero attached hydrogens (tertiary/aromatic N) is 1. The standard InChI is InChI=1S/C15H22N2O/c1-11(14-7-8-14)16-15-6-4-5-13(9-15)10-17(3)12(2)18/h4-6,9,11,14,16H,7-8,10H2,1-3H3. The smallest absolute Gasteiger partial charge is 0.219 e. The quantitative estimate of drug-likeness (QED) is 0.866. The third-order valence-electron chi connectivity index (χ3n) is 3.61. The lowest BCUT2D eigenvalue weighted by Gasteiger charge is -2.17. The summed E-state index contributed by atoms with van der Waals surface area (Å²) in [6, 6.07) is 8.89. The molecule has 0 heterocycles. The van der Waals surface area contributed by atoms with Gasteiger partial charge in [-0.05, 0) is 43.4 Å². The number of benzene rings is 1. The molecule has 1 aliphatic carbocycles. The van der Waals surface area contributed by atoms with E-state index in [1.807, 2.05) is 13.1 Å². The van der Waals surface area contributed by atoms with Gasteiger partial charge < -0.3 is 10.2 Å². The van der Waals surface area contributed by atoms with Gasteiger partial charge in [0.15, 0.2) is 0 Å². The van der Waals surface area contributed by atoms with Gasteiger partial charge in [0.2, 0.25) is 5.91 Å². The van der Waals surface area contributed by atoms with E-state index in [0.717, 1.165) is 11.6 Å². The van der Waals surface area contributed by atoms with Crippen LogP contribution in [-0.4, -0.2) is 23.9 Å². The van der Waals surface area contributed by atoms with Gasteiger partial charge in [-0.1, -0.05) is 12.1 Å². The van der Waals surface area contributed by atoms with Crippen LogP contribution in [0.25, 0.3) is 0 Å². The summed E-state index contributed by atoms with van der Waals surface area (Å²) in [4.78, 5) is 12.9. The molecule has 1 aliphatic rings. The van der Waals surface area contributed by atoms with Gasteiger partial charge in [-0.25, -0.2) is 0 Å². The lowest BCUT2D eigenvalue weighted by molar-refractivity contribution is -0.128. The van der Waals surface area contributed by atoms with Gasteiger partial charge in [0, 0.05) is 32.2 Å². The molecule has 0 bridgehead atoms. The molecular weight excluding hydrogens is 224 g/mol. The summed E-state index contributed by atoms with van der Waals surface area (Å²) < 4.78 is 0. The Kier molecular flexibility index (Phi) is 3.90. The molecule has 3 heteroatoms. The molecule has 0 aliphatic heterocycles. The second kappa shape index (κ2) is 5.42. The Balaban J connectivity index is 1.97. The molecular formula is C15H22N2O. The van der Waals surface area contributed by atoms with E-state index in [-0.39, 0.29) is 5.91 Å². The lowest BCUT2D eigenvalue weighted by Crippen LogP contribution is -2.23. The van der Waals surface area contributed by atoms with Gasteiger partial charge in [-0.2, -0.15) is 0 Å². The highest BCUT2D eigenvalue weighted by atomic mass is 16.2. The molecule has 1 atom stereocenters. The largest absolute Gasteiger partial charge is 0.382 e. The van der Waals surface area contributed by atoms with E-state index in [1.165, 1.54) is 18.4 Å². The second-order valence-corrected chi connectivity index (χ2v) is 5.35. The fourth-order valence-corrected chi connectivity index (χ4v) is 2.12. The zero-order valence-corrected chi connectivity index (χ0v) is 11.4. The third-order valence-corrected chi connectivity index (χ3v) is 3.61. The van der Waals surface area contributed by atoms with Gasteiger partial charge >= 0.3 is 0 Å². The Morgan fingerprint density at radius 3 is 2.83 bits per heavy atom. The van der Waals surface area contributed by atoms with Crippen molar-refractivity contribution in [2.24, 2.45) is 5.92 Å². The van der Waals surface area contributed by atoms with Crippen molar-refractivity contribution >= 4 is 11.6 Å². The molecule has 0 saturated heterocycles. The first kappa shape index (κ1) is 12.9. The minimum Gasteiger partial charge on any atom is -0.382 e. The summed E-state index contributed by atoms with van der Waals surface area (Å²) in [6.07, 6.45) is 2.70. The second-order valence-electron chi connectivity index (χ2n) is 5.35. The maximum atomic E-state index is 11.2. The maximum absolute atomic E-state index is 11.2. The van der Waals surface area contributed by atoms with Crippen molar-refractivity contribution in [2.75, 3.05) is 12.4 Å². The zero-order valence-electron chi connectivity index (χ0n) is 11.4. The van der Waals surface area contributed by atoms with E-state index in [9.17, 15) is 4.79 Å². The van der Waals surface area contributed by atoms with Crippen LogP contribution in [0.5, 0.6) is 0 Å². The molecule has 0 aromatic heterocycles. The van der Waals surface area contributed by atoms with Gasteiger partial charge in [0.05, 0.1) is 0 Å². The molecule has 1 unspecified atom stereocenters. The molecule has 3 nitrogen and oxygen atoms in total. The van der Waals surface area contributed by atoms with E-state index in [0.29, 0.717) is 12.6 Å². The van der Waals surface area contributed by atoms with Crippen LogP contribution in [0, 0.1) is 5.92 Å². The molecule has 1 aromatic carbocycles. The zero-order chi connectivity index (χ0) is 13.1. The van der Waals surface area contributed by atoms with Crippen molar-refractivity contribution < 1.29 is 4.79 Å². The molecule has 1 fully saturated rings. The monoisotopic (exact) mass is 246 g/mol. The first-order chi connectivity index (χ1) is 8.56. The molecule has 0 spiro atoms. The van der Waals surface area contributed by atoms with Crippen LogP contribution < -0.4 is 5.32 Å². The van der Waals surface area contributed by atoms with Gasteiger partial charge in [-0.3, -0.25) is 4.79 Å². The number of carbonyl (C=O) groups is 1. The predicted molar refractivity (Wildman–Crippen MR) is 74.4 cm³/mol. The van der Waals surface area contributed by atoms with Gasteiger partial charge in [0.1, 0.15) is 0 Å². The summed E-state index contributed by atoms with van der Waals surface area (Å²) in [5, 5.41) is 3.54. The average Bonchev–Trinajstić information content (AvgIpc) is 3.12. The number of rotatable bonds is 5. The van der Waals surface area contributed by atoms with E-state index < -0.39 is 0 Å². The molecule has 1 saturated carbocycles. The lowest BCUT2D eigenvalue weighted by atomic mass is 10.1. The van der Waals surface area contributed by atoms with Gasteiger partial charge in [0.25, 0.3) is 0 Å². The van der Waals surface area contributed by atoms with E-state index in [4.69, 9.17) is 0 Å². The van der Waals surface area contributed by atoms with Crippen LogP contribution in [0.1, 0.15) is 32.3 Å². The molecule has 1 amide bonds. The Hall–Kier alpha value is -1.51. The van der Waals surface area contributed by atoms with Crippen molar-refractivity contribution in [3.63, 3.8) is 0 Å². The Labute approximate surface area is 109 Å².